The van der Waals surface area contributed by atoms with Gasteiger partial charge in [0, 0.05) is 0 Å². The van der Waals surface area contributed by atoms with Gasteiger partial charge in [0.15, 0.2) is 6.61 Å². The number of carbonyl (C=O) groups is 1. The first-order valence-electron chi connectivity index (χ1n) is 8.14. The Hall–Kier alpha value is -2.58. The molecule has 0 heterocycles. The van der Waals surface area contributed by atoms with E-state index < -0.39 is 15.9 Å². The average Bonchev–Trinajstić information content (AvgIpc) is 2.64. The Labute approximate surface area is 153 Å². The summed E-state index contributed by atoms with van der Waals surface area (Å²) in [5, 5.41) is 0. The van der Waals surface area contributed by atoms with Gasteiger partial charge in [-0.15, -0.1) is 4.83 Å². The number of benzene rings is 2. The molecule has 2 N–H and O–H groups in total. The first-order chi connectivity index (χ1) is 12.4. The standard InChI is InChI=1S/C18H22N2O5S/c1-3-12-24-15-8-10-16(11-9-15)26(22,23)20-19-18(21)13-25-17-7-5-4-6-14(17)2/h4-11,20H,3,12-13H2,1-2H3,(H,19,21). The van der Waals surface area contributed by atoms with Gasteiger partial charge in [-0.3, -0.25) is 10.2 Å². The molecule has 0 aliphatic rings. The van der Waals surface area contributed by atoms with Crippen LogP contribution in [0.15, 0.2) is 53.4 Å². The molecule has 26 heavy (non-hydrogen) atoms. The second-order valence-electron chi connectivity index (χ2n) is 5.53. The van der Waals surface area contributed by atoms with E-state index in [1.165, 1.54) is 12.1 Å². The van der Waals surface area contributed by atoms with Crippen molar-refractivity contribution in [2.75, 3.05) is 13.2 Å². The van der Waals surface area contributed by atoms with Crippen molar-refractivity contribution in [3.05, 3.63) is 54.1 Å². The van der Waals surface area contributed by atoms with E-state index in [1.807, 2.05) is 30.8 Å². The number of ether oxygens (including phenoxy) is 2. The number of aryl methyl sites for hydroxylation is 1. The summed E-state index contributed by atoms with van der Waals surface area (Å²) in [6.07, 6.45) is 0.859. The molecule has 0 fully saturated rings. The number of amides is 1. The number of sulfonamides is 1. The fourth-order valence-corrected chi connectivity index (χ4v) is 2.88. The Kier molecular flexibility index (Phi) is 6.99. The van der Waals surface area contributed by atoms with Crippen molar-refractivity contribution in [3.8, 4) is 11.5 Å². The highest BCUT2D eigenvalue weighted by Gasteiger charge is 2.15. The van der Waals surface area contributed by atoms with Gasteiger partial charge in [0.25, 0.3) is 15.9 Å². The van der Waals surface area contributed by atoms with Gasteiger partial charge in [-0.25, -0.2) is 8.42 Å². The van der Waals surface area contributed by atoms with Crippen molar-refractivity contribution in [2.24, 2.45) is 0 Å². The monoisotopic (exact) mass is 378 g/mol. The van der Waals surface area contributed by atoms with Crippen LogP contribution in [0.25, 0.3) is 0 Å². The van der Waals surface area contributed by atoms with Gasteiger partial charge >= 0.3 is 0 Å². The molecule has 0 saturated heterocycles. The Balaban J connectivity index is 1.86. The molecule has 0 bridgehead atoms. The minimum Gasteiger partial charge on any atom is -0.494 e. The lowest BCUT2D eigenvalue weighted by atomic mass is 10.2. The molecule has 0 aromatic heterocycles. The Morgan fingerprint density at radius 1 is 1.04 bits per heavy atom. The molecule has 0 atom stereocenters. The quantitative estimate of drug-likeness (QED) is 0.652. The average molecular weight is 378 g/mol. The van der Waals surface area contributed by atoms with Crippen LogP contribution in [0.3, 0.4) is 0 Å². The number of hydrogen-bond donors (Lipinski definition) is 2. The van der Waals surface area contributed by atoms with Crippen molar-refractivity contribution in [1.82, 2.24) is 10.3 Å². The lowest BCUT2D eigenvalue weighted by Gasteiger charge is -2.11. The van der Waals surface area contributed by atoms with E-state index >= 15 is 0 Å². The topological polar surface area (TPSA) is 93.7 Å². The van der Waals surface area contributed by atoms with Gasteiger partial charge in [0.1, 0.15) is 11.5 Å². The highest BCUT2D eigenvalue weighted by Crippen LogP contribution is 2.16. The fourth-order valence-electron chi connectivity index (χ4n) is 2.02. The maximum atomic E-state index is 12.2. The lowest BCUT2D eigenvalue weighted by Crippen LogP contribution is -2.43. The van der Waals surface area contributed by atoms with E-state index in [-0.39, 0.29) is 11.5 Å². The zero-order chi connectivity index (χ0) is 19.0. The minimum absolute atomic E-state index is 0.0153. The van der Waals surface area contributed by atoms with Crippen molar-refractivity contribution < 1.29 is 22.7 Å². The molecular formula is C18H22N2O5S. The molecule has 8 heteroatoms. The Bertz CT molecular complexity index is 835. The highest BCUT2D eigenvalue weighted by atomic mass is 32.2. The molecule has 7 nitrogen and oxygen atoms in total. The summed E-state index contributed by atoms with van der Waals surface area (Å²) in [7, 11) is -3.88. The summed E-state index contributed by atoms with van der Waals surface area (Å²) in [6, 6.07) is 13.2. The Morgan fingerprint density at radius 2 is 1.73 bits per heavy atom. The lowest BCUT2D eigenvalue weighted by molar-refractivity contribution is -0.123. The molecule has 0 saturated carbocycles. The molecule has 2 aromatic rings. The Morgan fingerprint density at radius 3 is 2.38 bits per heavy atom. The molecule has 0 aliphatic heterocycles. The van der Waals surface area contributed by atoms with Crippen LogP contribution in [-0.4, -0.2) is 27.5 Å². The molecule has 1 amide bonds. The van der Waals surface area contributed by atoms with E-state index in [4.69, 9.17) is 9.47 Å². The van der Waals surface area contributed by atoms with Crippen LogP contribution in [-0.2, 0) is 14.8 Å². The van der Waals surface area contributed by atoms with E-state index in [0.29, 0.717) is 18.1 Å². The first-order valence-corrected chi connectivity index (χ1v) is 9.62. The van der Waals surface area contributed by atoms with Crippen molar-refractivity contribution >= 4 is 15.9 Å². The van der Waals surface area contributed by atoms with Gasteiger partial charge in [-0.05, 0) is 49.2 Å². The van der Waals surface area contributed by atoms with E-state index in [0.717, 1.165) is 12.0 Å². The first kappa shape index (κ1) is 19.7. The van der Waals surface area contributed by atoms with Crippen LogP contribution in [0.5, 0.6) is 11.5 Å². The molecule has 0 radical (unpaired) electrons. The minimum atomic E-state index is -3.88. The summed E-state index contributed by atoms with van der Waals surface area (Å²) >= 11 is 0. The van der Waals surface area contributed by atoms with Crippen LogP contribution in [0.4, 0.5) is 0 Å². The predicted molar refractivity (Wildman–Crippen MR) is 97.4 cm³/mol. The van der Waals surface area contributed by atoms with E-state index in [1.54, 1.807) is 24.3 Å². The summed E-state index contributed by atoms with van der Waals surface area (Å²) in [5.74, 6) is 0.536. The second kappa shape index (κ2) is 9.21. The molecular weight excluding hydrogens is 356 g/mol. The van der Waals surface area contributed by atoms with Crippen LogP contribution in [0, 0.1) is 6.92 Å². The number of carbonyl (C=O) groups excluding carboxylic acids is 1. The summed E-state index contributed by atoms with van der Waals surface area (Å²) in [4.78, 5) is 13.9. The summed E-state index contributed by atoms with van der Waals surface area (Å²) in [5.41, 5.74) is 3.01. The highest BCUT2D eigenvalue weighted by molar-refractivity contribution is 7.89. The maximum Gasteiger partial charge on any atom is 0.272 e. The number of nitrogens with one attached hydrogen (secondary N) is 2. The zero-order valence-electron chi connectivity index (χ0n) is 14.7. The van der Waals surface area contributed by atoms with Crippen molar-refractivity contribution in [3.63, 3.8) is 0 Å². The second-order valence-corrected chi connectivity index (χ2v) is 7.21. The molecule has 0 unspecified atom stereocenters. The van der Waals surface area contributed by atoms with Gasteiger partial charge in [0.2, 0.25) is 0 Å². The summed E-state index contributed by atoms with van der Waals surface area (Å²) < 4.78 is 35.1. The van der Waals surface area contributed by atoms with Crippen molar-refractivity contribution in [2.45, 2.75) is 25.2 Å². The normalized spacial score (nSPS) is 11.0. The fraction of sp³-hybridized carbons (Fsp3) is 0.278. The van der Waals surface area contributed by atoms with E-state index in [9.17, 15) is 13.2 Å². The SMILES string of the molecule is CCCOc1ccc(S(=O)(=O)NNC(=O)COc2ccccc2C)cc1. The molecule has 0 aliphatic carbocycles. The molecule has 0 spiro atoms. The third-order valence-corrected chi connectivity index (χ3v) is 4.65. The number of hydrogen-bond acceptors (Lipinski definition) is 5. The van der Waals surface area contributed by atoms with Crippen molar-refractivity contribution in [1.29, 1.82) is 0 Å². The number of rotatable bonds is 9. The van der Waals surface area contributed by atoms with Crippen LogP contribution >= 0.6 is 0 Å². The zero-order valence-corrected chi connectivity index (χ0v) is 15.5. The number of para-hydroxylation sites is 1. The van der Waals surface area contributed by atoms with Gasteiger partial charge < -0.3 is 9.47 Å². The van der Waals surface area contributed by atoms with Gasteiger partial charge in [-0.1, -0.05) is 25.1 Å². The maximum absolute atomic E-state index is 12.2. The third kappa shape index (κ3) is 5.75. The number of hydrazine groups is 1. The van der Waals surface area contributed by atoms with Gasteiger partial charge in [-0.2, -0.15) is 0 Å². The van der Waals surface area contributed by atoms with Crippen LogP contribution < -0.4 is 19.7 Å². The van der Waals surface area contributed by atoms with Crippen LogP contribution in [0.1, 0.15) is 18.9 Å². The molecule has 140 valence electrons. The molecule has 2 aromatic carbocycles. The molecule has 2 rings (SSSR count). The van der Waals surface area contributed by atoms with E-state index in [2.05, 4.69) is 5.43 Å². The summed E-state index contributed by atoms with van der Waals surface area (Å²) in [6.45, 7) is 4.08. The third-order valence-electron chi connectivity index (χ3n) is 3.38. The largest absolute Gasteiger partial charge is 0.494 e. The predicted octanol–water partition coefficient (Wildman–Crippen LogP) is 2.17. The smallest absolute Gasteiger partial charge is 0.272 e. The van der Waals surface area contributed by atoms with Gasteiger partial charge in [0.05, 0.1) is 11.5 Å². The van der Waals surface area contributed by atoms with Crippen LogP contribution in [0.2, 0.25) is 0 Å².